The van der Waals surface area contributed by atoms with Gasteiger partial charge in [-0.2, -0.15) is 20.5 Å². The summed E-state index contributed by atoms with van der Waals surface area (Å²) in [6.45, 7) is -0.260. The SMILES string of the molecule is NCCSCc1csc(N/C(N)=N\CC(F)(F)Cl)n1. The normalized spacial score (nSPS) is 12.7. The molecule has 0 atom stereocenters. The minimum absolute atomic E-state index is 0.143. The number of guanidine groups is 1. The predicted octanol–water partition coefficient (Wildman–Crippen LogP) is 1.89. The Morgan fingerprint density at radius 1 is 1.63 bits per heavy atom. The molecule has 19 heavy (non-hydrogen) atoms. The van der Waals surface area contributed by atoms with Gasteiger partial charge in [-0.05, 0) is 11.6 Å². The Hall–Kier alpha value is -0.640. The van der Waals surface area contributed by atoms with Crippen LogP contribution in [-0.4, -0.2) is 35.2 Å². The van der Waals surface area contributed by atoms with Gasteiger partial charge in [0.1, 0.15) is 6.54 Å². The van der Waals surface area contributed by atoms with Crippen molar-refractivity contribution in [2.75, 3.05) is 24.2 Å². The fourth-order valence-corrected chi connectivity index (χ4v) is 2.57. The molecule has 0 unspecified atom stereocenters. The molecule has 0 aliphatic heterocycles. The molecule has 0 spiro atoms. The van der Waals surface area contributed by atoms with Crippen LogP contribution in [0.25, 0.3) is 0 Å². The molecule has 1 aromatic rings. The van der Waals surface area contributed by atoms with Crippen molar-refractivity contribution < 1.29 is 8.78 Å². The molecule has 1 heterocycles. The molecule has 1 rings (SSSR count). The van der Waals surface area contributed by atoms with E-state index >= 15 is 0 Å². The van der Waals surface area contributed by atoms with E-state index in [-0.39, 0.29) is 5.96 Å². The Morgan fingerprint density at radius 2 is 2.37 bits per heavy atom. The molecular formula is C9H14ClF2N5S2. The second-order valence-electron chi connectivity index (χ2n) is 3.43. The number of rotatable bonds is 7. The Bertz CT molecular complexity index is 421. The van der Waals surface area contributed by atoms with Gasteiger partial charge in [0.15, 0.2) is 11.1 Å². The van der Waals surface area contributed by atoms with Crippen molar-refractivity contribution in [3.8, 4) is 0 Å². The minimum Gasteiger partial charge on any atom is -0.370 e. The van der Waals surface area contributed by atoms with Crippen molar-refractivity contribution in [2.45, 2.75) is 11.1 Å². The highest BCUT2D eigenvalue weighted by atomic mass is 35.5. The summed E-state index contributed by atoms with van der Waals surface area (Å²) in [4.78, 5) is 7.65. The van der Waals surface area contributed by atoms with Crippen LogP contribution in [0.3, 0.4) is 0 Å². The second-order valence-corrected chi connectivity index (χ2v) is 5.94. The first-order chi connectivity index (χ1) is 8.90. The molecule has 0 aliphatic carbocycles. The quantitative estimate of drug-likeness (QED) is 0.308. The van der Waals surface area contributed by atoms with E-state index in [4.69, 9.17) is 23.1 Å². The molecule has 0 radical (unpaired) electrons. The van der Waals surface area contributed by atoms with E-state index in [1.807, 2.05) is 5.38 Å². The maximum Gasteiger partial charge on any atom is 0.341 e. The Morgan fingerprint density at radius 3 is 3.00 bits per heavy atom. The highest BCUT2D eigenvalue weighted by molar-refractivity contribution is 7.98. The largest absolute Gasteiger partial charge is 0.370 e. The lowest BCUT2D eigenvalue weighted by Gasteiger charge is -2.05. The van der Waals surface area contributed by atoms with Crippen LogP contribution in [0, 0.1) is 0 Å². The van der Waals surface area contributed by atoms with Gasteiger partial charge in [0, 0.05) is 23.4 Å². The number of nitrogens with two attached hydrogens (primary N) is 2. The van der Waals surface area contributed by atoms with Crippen molar-refractivity contribution >= 4 is 45.8 Å². The van der Waals surface area contributed by atoms with E-state index in [0.717, 1.165) is 17.2 Å². The number of halogens is 3. The summed E-state index contributed by atoms with van der Waals surface area (Å²) in [6, 6.07) is 0. The number of alkyl halides is 3. The summed E-state index contributed by atoms with van der Waals surface area (Å²) in [5.41, 5.74) is 11.7. The Kier molecular flexibility index (Phi) is 6.76. The van der Waals surface area contributed by atoms with E-state index < -0.39 is 11.9 Å². The van der Waals surface area contributed by atoms with E-state index in [2.05, 4.69) is 15.3 Å². The highest BCUT2D eigenvalue weighted by Crippen LogP contribution is 2.20. The van der Waals surface area contributed by atoms with Crippen LogP contribution in [0.2, 0.25) is 0 Å². The minimum atomic E-state index is -3.39. The summed E-state index contributed by atoms with van der Waals surface area (Å²) >= 11 is 7.69. The highest BCUT2D eigenvalue weighted by Gasteiger charge is 2.23. The summed E-state index contributed by atoms with van der Waals surface area (Å²) in [7, 11) is 0. The van der Waals surface area contributed by atoms with Crippen LogP contribution >= 0.6 is 34.7 Å². The number of thiazole rings is 1. The molecule has 0 fully saturated rings. The van der Waals surface area contributed by atoms with Gasteiger partial charge in [-0.15, -0.1) is 11.3 Å². The third-order valence-corrected chi connectivity index (χ3v) is 3.68. The summed E-state index contributed by atoms with van der Waals surface area (Å²) in [5.74, 6) is 1.46. The fraction of sp³-hybridized carbons (Fsp3) is 0.556. The topological polar surface area (TPSA) is 89.3 Å². The second kappa shape index (κ2) is 7.83. The average Bonchev–Trinajstić information content (AvgIpc) is 2.74. The first kappa shape index (κ1) is 16.4. The predicted molar refractivity (Wildman–Crippen MR) is 78.2 cm³/mol. The molecule has 5 nitrogen and oxygen atoms in total. The standard InChI is InChI=1S/C9H14ClF2N5S2/c10-9(11,12)5-15-7(14)17-8-16-6(4-19-8)3-18-2-1-13/h4H,1-3,5,13H2,(H3,14,15,16,17). The number of nitrogens with one attached hydrogen (secondary N) is 1. The fourth-order valence-electron chi connectivity index (χ4n) is 1.01. The van der Waals surface area contributed by atoms with Crippen LogP contribution in [0.15, 0.2) is 10.4 Å². The van der Waals surface area contributed by atoms with Gasteiger partial charge in [-0.1, -0.05) is 0 Å². The summed E-state index contributed by atoms with van der Waals surface area (Å²) < 4.78 is 24.7. The molecule has 0 aliphatic rings. The van der Waals surface area contributed by atoms with Crippen LogP contribution in [-0.2, 0) is 5.75 Å². The number of aliphatic imine (C=N–C) groups is 1. The van der Waals surface area contributed by atoms with Crippen LogP contribution in [0.4, 0.5) is 13.9 Å². The molecule has 5 N–H and O–H groups in total. The number of hydrogen-bond acceptors (Lipinski definition) is 5. The molecule has 0 amide bonds. The smallest absolute Gasteiger partial charge is 0.341 e. The third-order valence-electron chi connectivity index (χ3n) is 1.73. The first-order valence-electron chi connectivity index (χ1n) is 5.26. The van der Waals surface area contributed by atoms with Crippen molar-refractivity contribution in [1.82, 2.24) is 4.98 Å². The van der Waals surface area contributed by atoms with E-state index in [1.54, 1.807) is 11.8 Å². The monoisotopic (exact) mass is 329 g/mol. The lowest BCUT2D eigenvalue weighted by molar-refractivity contribution is 0.107. The molecule has 0 saturated heterocycles. The number of anilines is 1. The summed E-state index contributed by atoms with van der Waals surface area (Å²) in [5, 5.41) is 1.60. The zero-order valence-electron chi connectivity index (χ0n) is 9.91. The van der Waals surface area contributed by atoms with Gasteiger partial charge in [0.2, 0.25) is 0 Å². The molecule has 108 valence electrons. The van der Waals surface area contributed by atoms with Gasteiger partial charge < -0.3 is 16.8 Å². The van der Waals surface area contributed by atoms with Gasteiger partial charge in [-0.3, -0.25) is 0 Å². The lowest BCUT2D eigenvalue weighted by atomic mass is 10.6. The van der Waals surface area contributed by atoms with Crippen molar-refractivity contribution in [3.05, 3.63) is 11.1 Å². The van der Waals surface area contributed by atoms with Gasteiger partial charge in [-0.25, -0.2) is 9.98 Å². The average molecular weight is 330 g/mol. The number of aromatic nitrogens is 1. The number of thioether (sulfide) groups is 1. The summed E-state index contributed by atoms with van der Waals surface area (Å²) in [6.07, 6.45) is 0. The van der Waals surface area contributed by atoms with Crippen LogP contribution in [0.1, 0.15) is 5.69 Å². The van der Waals surface area contributed by atoms with Crippen LogP contribution in [0.5, 0.6) is 0 Å². The number of nitrogens with zero attached hydrogens (tertiary/aromatic N) is 2. The molecule has 0 saturated carbocycles. The van der Waals surface area contributed by atoms with Crippen molar-refractivity contribution in [3.63, 3.8) is 0 Å². The Labute approximate surface area is 122 Å². The van der Waals surface area contributed by atoms with Crippen molar-refractivity contribution in [1.29, 1.82) is 0 Å². The third kappa shape index (κ3) is 7.51. The molecular weight excluding hydrogens is 316 g/mol. The Balaban J connectivity index is 2.44. The van der Waals surface area contributed by atoms with E-state index in [1.165, 1.54) is 11.3 Å². The molecule has 0 aromatic carbocycles. The molecule has 1 aromatic heterocycles. The van der Waals surface area contributed by atoms with E-state index in [9.17, 15) is 8.78 Å². The zero-order chi connectivity index (χ0) is 14.3. The van der Waals surface area contributed by atoms with Crippen LogP contribution < -0.4 is 16.8 Å². The zero-order valence-corrected chi connectivity index (χ0v) is 12.3. The molecule has 0 bridgehead atoms. The van der Waals surface area contributed by atoms with Gasteiger partial charge in [0.05, 0.1) is 5.69 Å². The van der Waals surface area contributed by atoms with Crippen molar-refractivity contribution in [2.24, 2.45) is 16.5 Å². The van der Waals surface area contributed by atoms with Gasteiger partial charge in [0.25, 0.3) is 0 Å². The molecule has 10 heteroatoms. The maximum absolute atomic E-state index is 12.3. The van der Waals surface area contributed by atoms with E-state index in [0.29, 0.717) is 11.7 Å². The van der Waals surface area contributed by atoms with Gasteiger partial charge >= 0.3 is 5.38 Å². The first-order valence-corrected chi connectivity index (χ1v) is 7.68. The maximum atomic E-state index is 12.3. The number of hydrogen-bond donors (Lipinski definition) is 3. The lowest BCUT2D eigenvalue weighted by Crippen LogP contribution is -2.25.